The van der Waals surface area contributed by atoms with Crippen LogP contribution >= 0.6 is 0 Å². The van der Waals surface area contributed by atoms with E-state index in [0.29, 0.717) is 0 Å². The van der Waals surface area contributed by atoms with Crippen molar-refractivity contribution >= 4 is 21.7 Å². The van der Waals surface area contributed by atoms with Crippen LogP contribution in [0.25, 0.3) is 0 Å². The molecule has 0 spiro atoms. The van der Waals surface area contributed by atoms with Gasteiger partial charge in [-0.1, -0.05) is 18.2 Å². The van der Waals surface area contributed by atoms with Gasteiger partial charge in [0, 0.05) is 0 Å². The molecule has 2 aromatic rings. The van der Waals surface area contributed by atoms with Gasteiger partial charge in [-0.3, -0.25) is 4.31 Å². The second-order valence-electron chi connectivity index (χ2n) is 5.02. The fourth-order valence-electron chi connectivity index (χ4n) is 2.25. The first-order chi connectivity index (χ1) is 11.9. The monoisotopic (exact) mass is 363 g/mol. The number of benzene rings is 2. The summed E-state index contributed by atoms with van der Waals surface area (Å²) < 4.78 is 45.1. The molecule has 0 amide bonds. The van der Waals surface area contributed by atoms with Crippen molar-refractivity contribution in [2.75, 3.05) is 17.5 Å². The maximum atomic E-state index is 13.1. The Labute approximate surface area is 146 Å². The highest BCUT2D eigenvalue weighted by atomic mass is 32.2. The number of anilines is 1. The van der Waals surface area contributed by atoms with Crippen LogP contribution in [-0.4, -0.2) is 27.5 Å². The molecule has 0 radical (unpaired) electrons. The van der Waals surface area contributed by atoms with Gasteiger partial charge >= 0.3 is 5.97 Å². The standard InChI is InChI=1S/C18H18FNO4S/c1-3-13-20(25(22,23)15-11-9-14(19)10-12-15)17-8-6-5-7-16(17)18(21)24-4-2/h3,5-12H,1,4,13H2,2H3. The second kappa shape index (κ2) is 7.94. The van der Waals surface area contributed by atoms with E-state index in [2.05, 4.69) is 6.58 Å². The van der Waals surface area contributed by atoms with Crippen molar-refractivity contribution < 1.29 is 22.3 Å². The number of ether oxygens (including phenoxy) is 1. The third-order valence-corrected chi connectivity index (χ3v) is 5.16. The van der Waals surface area contributed by atoms with Crippen molar-refractivity contribution in [3.8, 4) is 0 Å². The first kappa shape index (κ1) is 18.7. The first-order valence-corrected chi connectivity index (χ1v) is 9.01. The zero-order valence-electron chi connectivity index (χ0n) is 13.7. The summed E-state index contributed by atoms with van der Waals surface area (Å²) in [6, 6.07) is 10.7. The average Bonchev–Trinajstić information content (AvgIpc) is 2.60. The number of carbonyl (C=O) groups excluding carboxylic acids is 1. The molecular formula is C18H18FNO4S. The van der Waals surface area contributed by atoms with Gasteiger partial charge in [-0.2, -0.15) is 0 Å². The smallest absolute Gasteiger partial charge is 0.340 e. The maximum absolute atomic E-state index is 13.1. The number of hydrogen-bond donors (Lipinski definition) is 0. The molecule has 0 N–H and O–H groups in total. The van der Waals surface area contributed by atoms with Crippen LogP contribution in [0.1, 0.15) is 17.3 Å². The van der Waals surface area contributed by atoms with Crippen LogP contribution in [-0.2, 0) is 14.8 Å². The van der Waals surface area contributed by atoms with Crippen LogP contribution in [0.2, 0.25) is 0 Å². The number of nitrogens with zero attached hydrogens (tertiary/aromatic N) is 1. The Morgan fingerprint density at radius 1 is 1.20 bits per heavy atom. The SMILES string of the molecule is C=CCN(c1ccccc1C(=O)OCC)S(=O)(=O)c1ccc(F)cc1. The Kier molecular flexibility index (Phi) is 5.93. The summed E-state index contributed by atoms with van der Waals surface area (Å²) in [5.74, 6) is -1.16. The molecule has 0 aliphatic heterocycles. The van der Waals surface area contributed by atoms with Crippen molar-refractivity contribution in [1.82, 2.24) is 0 Å². The molecule has 0 saturated carbocycles. The van der Waals surface area contributed by atoms with Crippen molar-refractivity contribution in [2.45, 2.75) is 11.8 Å². The van der Waals surface area contributed by atoms with Gasteiger partial charge in [-0.15, -0.1) is 6.58 Å². The molecule has 0 bridgehead atoms. The molecule has 2 aromatic carbocycles. The number of carbonyl (C=O) groups is 1. The number of esters is 1. The minimum Gasteiger partial charge on any atom is -0.462 e. The molecule has 25 heavy (non-hydrogen) atoms. The van der Waals surface area contributed by atoms with Gasteiger partial charge in [0.1, 0.15) is 5.82 Å². The fourth-order valence-corrected chi connectivity index (χ4v) is 3.70. The number of rotatable bonds is 7. The van der Waals surface area contributed by atoms with Crippen LogP contribution in [0.3, 0.4) is 0 Å². The van der Waals surface area contributed by atoms with Crippen molar-refractivity contribution in [2.24, 2.45) is 0 Å². The molecule has 132 valence electrons. The maximum Gasteiger partial charge on any atom is 0.340 e. The van der Waals surface area contributed by atoms with Gasteiger partial charge in [0.15, 0.2) is 0 Å². The van der Waals surface area contributed by atoms with E-state index < -0.39 is 21.8 Å². The summed E-state index contributed by atoms with van der Waals surface area (Å²) in [5, 5.41) is 0. The molecule has 0 aliphatic rings. The van der Waals surface area contributed by atoms with Crippen molar-refractivity contribution in [3.63, 3.8) is 0 Å². The number of sulfonamides is 1. The zero-order chi connectivity index (χ0) is 18.4. The summed E-state index contributed by atoms with van der Waals surface area (Å²) in [5.41, 5.74) is 0.294. The van der Waals surface area contributed by atoms with E-state index >= 15 is 0 Å². The summed E-state index contributed by atoms with van der Waals surface area (Å²) in [7, 11) is -4.02. The van der Waals surface area contributed by atoms with E-state index in [1.54, 1.807) is 19.1 Å². The Hall–Kier alpha value is -2.67. The van der Waals surface area contributed by atoms with Crippen molar-refractivity contribution in [3.05, 3.63) is 72.6 Å². The molecular weight excluding hydrogens is 345 g/mol. The van der Waals surface area contributed by atoms with Crippen LogP contribution in [0.4, 0.5) is 10.1 Å². The summed E-state index contributed by atoms with van der Waals surface area (Å²) in [6.45, 7) is 5.35. The minimum atomic E-state index is -4.02. The van der Waals surface area contributed by atoms with Crippen LogP contribution < -0.4 is 4.31 Å². The highest BCUT2D eigenvalue weighted by Gasteiger charge is 2.27. The lowest BCUT2D eigenvalue weighted by molar-refractivity contribution is 0.0527. The van der Waals surface area contributed by atoms with Gasteiger partial charge in [-0.25, -0.2) is 17.6 Å². The minimum absolute atomic E-state index is 0.0594. The van der Waals surface area contributed by atoms with E-state index in [0.717, 1.165) is 16.4 Å². The fraction of sp³-hybridized carbons (Fsp3) is 0.167. The third kappa shape index (κ3) is 4.06. The average molecular weight is 363 g/mol. The van der Waals surface area contributed by atoms with E-state index in [4.69, 9.17) is 4.74 Å². The first-order valence-electron chi connectivity index (χ1n) is 7.57. The van der Waals surface area contributed by atoms with E-state index in [1.165, 1.54) is 30.3 Å². The lowest BCUT2D eigenvalue weighted by Crippen LogP contribution is -2.32. The largest absolute Gasteiger partial charge is 0.462 e. The topological polar surface area (TPSA) is 63.7 Å². The van der Waals surface area contributed by atoms with Gasteiger partial charge in [-0.05, 0) is 43.3 Å². The number of para-hydroxylation sites is 1. The molecule has 0 saturated heterocycles. The second-order valence-corrected chi connectivity index (χ2v) is 6.88. The Balaban J connectivity index is 2.57. The predicted molar refractivity (Wildman–Crippen MR) is 93.5 cm³/mol. The number of halogens is 1. The molecule has 0 aromatic heterocycles. The zero-order valence-corrected chi connectivity index (χ0v) is 14.5. The number of hydrogen-bond acceptors (Lipinski definition) is 4. The van der Waals surface area contributed by atoms with E-state index in [9.17, 15) is 17.6 Å². The molecule has 0 heterocycles. The van der Waals surface area contributed by atoms with Gasteiger partial charge in [0.05, 0.1) is 29.3 Å². The molecule has 2 rings (SSSR count). The highest BCUT2D eigenvalue weighted by Crippen LogP contribution is 2.28. The molecule has 7 heteroatoms. The molecule has 0 fully saturated rings. The summed E-state index contributed by atoms with van der Waals surface area (Å²) in [6.07, 6.45) is 1.41. The van der Waals surface area contributed by atoms with Crippen molar-refractivity contribution in [1.29, 1.82) is 0 Å². The van der Waals surface area contributed by atoms with Gasteiger partial charge in [0.25, 0.3) is 10.0 Å². The lowest BCUT2D eigenvalue weighted by Gasteiger charge is -2.25. The lowest BCUT2D eigenvalue weighted by atomic mass is 10.2. The summed E-state index contributed by atoms with van der Waals surface area (Å²) in [4.78, 5) is 12.1. The normalized spacial score (nSPS) is 11.0. The molecule has 0 aliphatic carbocycles. The Bertz CT molecular complexity index is 863. The van der Waals surface area contributed by atoms with Gasteiger partial charge in [0.2, 0.25) is 0 Å². The van der Waals surface area contributed by atoms with Gasteiger partial charge < -0.3 is 4.74 Å². The molecule has 5 nitrogen and oxygen atoms in total. The highest BCUT2D eigenvalue weighted by molar-refractivity contribution is 7.92. The van der Waals surface area contributed by atoms with E-state index in [-0.39, 0.29) is 29.3 Å². The van der Waals surface area contributed by atoms with Crippen LogP contribution in [0.5, 0.6) is 0 Å². The Morgan fingerprint density at radius 3 is 2.44 bits per heavy atom. The molecule has 0 atom stereocenters. The molecule has 0 unspecified atom stereocenters. The quantitative estimate of drug-likeness (QED) is 0.559. The summed E-state index contributed by atoms with van der Waals surface area (Å²) >= 11 is 0. The van der Waals surface area contributed by atoms with E-state index in [1.807, 2.05) is 0 Å². The third-order valence-electron chi connectivity index (χ3n) is 3.36. The van der Waals surface area contributed by atoms with Crippen LogP contribution in [0, 0.1) is 5.82 Å². The Morgan fingerprint density at radius 2 is 1.84 bits per heavy atom. The predicted octanol–water partition coefficient (Wildman–Crippen LogP) is 3.38. The van der Waals surface area contributed by atoms with Crippen LogP contribution in [0.15, 0.2) is 66.1 Å².